The molecule has 0 radical (unpaired) electrons. The fraction of sp³-hybridized carbons (Fsp3) is 0.435. The molecule has 32 heavy (non-hydrogen) atoms. The highest BCUT2D eigenvalue weighted by atomic mass is 32.2. The zero-order valence-corrected chi connectivity index (χ0v) is 19.7. The van der Waals surface area contributed by atoms with E-state index in [0.29, 0.717) is 47.5 Å². The SMILES string of the molecule is COc1cc(CC(=O)Nc2ccc(S(=O)(=O)N3CCCC(C)C3)cc2)cc(OC)c1OC. The summed E-state index contributed by atoms with van der Waals surface area (Å²) >= 11 is 0. The van der Waals surface area contributed by atoms with Crippen LogP contribution in [0, 0.1) is 5.92 Å². The molecule has 1 saturated heterocycles. The molecule has 1 amide bonds. The number of piperidine rings is 1. The lowest BCUT2D eigenvalue weighted by molar-refractivity contribution is -0.115. The number of benzene rings is 2. The molecule has 174 valence electrons. The molecular formula is C23H30N2O6S. The number of anilines is 1. The fourth-order valence-electron chi connectivity index (χ4n) is 3.85. The molecule has 2 aromatic carbocycles. The van der Waals surface area contributed by atoms with Crippen molar-refractivity contribution in [3.05, 3.63) is 42.0 Å². The van der Waals surface area contributed by atoms with Gasteiger partial charge in [-0.25, -0.2) is 8.42 Å². The van der Waals surface area contributed by atoms with Crippen molar-refractivity contribution in [2.24, 2.45) is 5.92 Å². The summed E-state index contributed by atoms with van der Waals surface area (Å²) in [5.41, 5.74) is 1.21. The molecule has 1 atom stereocenters. The minimum absolute atomic E-state index is 0.0857. The van der Waals surface area contributed by atoms with Gasteiger partial charge in [0.15, 0.2) is 11.5 Å². The summed E-state index contributed by atoms with van der Waals surface area (Å²) in [4.78, 5) is 12.8. The van der Waals surface area contributed by atoms with Crippen LogP contribution in [0.25, 0.3) is 0 Å². The van der Waals surface area contributed by atoms with E-state index in [1.54, 1.807) is 28.6 Å². The molecule has 3 rings (SSSR count). The largest absolute Gasteiger partial charge is 0.493 e. The molecule has 1 heterocycles. The van der Waals surface area contributed by atoms with Crippen LogP contribution < -0.4 is 19.5 Å². The van der Waals surface area contributed by atoms with Gasteiger partial charge in [0.1, 0.15) is 0 Å². The molecule has 1 unspecified atom stereocenters. The third-order valence-electron chi connectivity index (χ3n) is 5.48. The number of nitrogens with one attached hydrogen (secondary N) is 1. The Labute approximate surface area is 189 Å². The summed E-state index contributed by atoms with van der Waals surface area (Å²) in [6.45, 7) is 3.14. The monoisotopic (exact) mass is 462 g/mol. The second-order valence-corrected chi connectivity index (χ2v) is 9.83. The van der Waals surface area contributed by atoms with Gasteiger partial charge in [0, 0.05) is 18.8 Å². The molecule has 0 bridgehead atoms. The van der Waals surface area contributed by atoms with Crippen molar-refractivity contribution in [3.63, 3.8) is 0 Å². The van der Waals surface area contributed by atoms with Gasteiger partial charge < -0.3 is 19.5 Å². The van der Waals surface area contributed by atoms with Crippen LogP contribution in [0.1, 0.15) is 25.3 Å². The Kier molecular flexibility index (Phi) is 7.63. The molecule has 1 aliphatic heterocycles. The smallest absolute Gasteiger partial charge is 0.243 e. The maximum atomic E-state index is 12.9. The number of sulfonamides is 1. The molecule has 1 N–H and O–H groups in total. The lowest BCUT2D eigenvalue weighted by Gasteiger charge is -2.30. The molecule has 9 heteroatoms. The van der Waals surface area contributed by atoms with Crippen molar-refractivity contribution in [1.82, 2.24) is 4.31 Å². The maximum Gasteiger partial charge on any atom is 0.243 e. The van der Waals surface area contributed by atoms with Crippen LogP contribution in [-0.4, -0.2) is 53.0 Å². The van der Waals surface area contributed by atoms with Crippen molar-refractivity contribution in [1.29, 1.82) is 0 Å². The van der Waals surface area contributed by atoms with Crippen LogP contribution >= 0.6 is 0 Å². The highest BCUT2D eigenvalue weighted by Gasteiger charge is 2.28. The van der Waals surface area contributed by atoms with Gasteiger partial charge in [-0.1, -0.05) is 6.92 Å². The van der Waals surface area contributed by atoms with Crippen molar-refractivity contribution in [3.8, 4) is 17.2 Å². The minimum atomic E-state index is -3.53. The molecule has 1 fully saturated rings. The zero-order chi connectivity index (χ0) is 23.3. The van der Waals surface area contributed by atoms with Crippen molar-refractivity contribution in [2.75, 3.05) is 39.7 Å². The van der Waals surface area contributed by atoms with E-state index in [-0.39, 0.29) is 17.2 Å². The lowest BCUT2D eigenvalue weighted by atomic mass is 10.0. The molecule has 0 spiro atoms. The number of hydrogen-bond donors (Lipinski definition) is 1. The summed E-state index contributed by atoms with van der Waals surface area (Å²) in [6, 6.07) is 9.71. The van der Waals surface area contributed by atoms with Crippen LogP contribution in [0.2, 0.25) is 0 Å². The van der Waals surface area contributed by atoms with E-state index in [9.17, 15) is 13.2 Å². The Morgan fingerprint density at radius 3 is 2.22 bits per heavy atom. The number of methoxy groups -OCH3 is 3. The van der Waals surface area contributed by atoms with Crippen LogP contribution in [-0.2, 0) is 21.2 Å². The second kappa shape index (κ2) is 10.2. The number of carbonyl (C=O) groups is 1. The Balaban J connectivity index is 1.69. The van der Waals surface area contributed by atoms with Crippen LogP contribution in [0.15, 0.2) is 41.3 Å². The van der Waals surface area contributed by atoms with Crippen molar-refractivity contribution >= 4 is 21.6 Å². The molecule has 1 aliphatic rings. The number of carbonyl (C=O) groups excluding carboxylic acids is 1. The van der Waals surface area contributed by atoms with Gasteiger partial charge in [0.2, 0.25) is 21.7 Å². The quantitative estimate of drug-likeness (QED) is 0.647. The van der Waals surface area contributed by atoms with Gasteiger partial charge in [-0.3, -0.25) is 4.79 Å². The predicted octanol–water partition coefficient (Wildman–Crippen LogP) is 3.31. The van der Waals surface area contributed by atoms with E-state index >= 15 is 0 Å². The van der Waals surface area contributed by atoms with E-state index in [4.69, 9.17) is 14.2 Å². The molecule has 0 aliphatic carbocycles. The summed E-state index contributed by atoms with van der Waals surface area (Å²) in [6.07, 6.45) is 2.00. The number of hydrogen-bond acceptors (Lipinski definition) is 6. The maximum absolute atomic E-state index is 12.9. The first-order chi connectivity index (χ1) is 15.3. The van der Waals surface area contributed by atoms with E-state index in [1.165, 1.54) is 33.5 Å². The summed E-state index contributed by atoms with van der Waals surface area (Å²) in [7, 11) is 1.02. The Hall–Kier alpha value is -2.78. The van der Waals surface area contributed by atoms with Crippen molar-refractivity contribution < 1.29 is 27.4 Å². The first-order valence-corrected chi connectivity index (χ1v) is 11.9. The molecule has 0 saturated carbocycles. The van der Waals surface area contributed by atoms with Gasteiger partial charge in [0.05, 0.1) is 32.6 Å². The van der Waals surface area contributed by atoms with Crippen LogP contribution in [0.5, 0.6) is 17.2 Å². The van der Waals surface area contributed by atoms with E-state index in [1.807, 2.05) is 0 Å². The molecular weight excluding hydrogens is 432 g/mol. The topological polar surface area (TPSA) is 94.2 Å². The first-order valence-electron chi connectivity index (χ1n) is 10.5. The highest BCUT2D eigenvalue weighted by Crippen LogP contribution is 2.38. The predicted molar refractivity (Wildman–Crippen MR) is 122 cm³/mol. The van der Waals surface area contributed by atoms with E-state index in [0.717, 1.165) is 12.8 Å². The van der Waals surface area contributed by atoms with E-state index in [2.05, 4.69) is 12.2 Å². The Morgan fingerprint density at radius 1 is 1.06 bits per heavy atom. The lowest BCUT2D eigenvalue weighted by Crippen LogP contribution is -2.39. The van der Waals surface area contributed by atoms with Crippen molar-refractivity contribution in [2.45, 2.75) is 31.1 Å². The number of amides is 1. The minimum Gasteiger partial charge on any atom is -0.493 e. The van der Waals surface area contributed by atoms with Gasteiger partial charge >= 0.3 is 0 Å². The van der Waals surface area contributed by atoms with Crippen LogP contribution in [0.3, 0.4) is 0 Å². The third-order valence-corrected chi connectivity index (χ3v) is 7.36. The third kappa shape index (κ3) is 5.34. The van der Waals surface area contributed by atoms with Gasteiger partial charge in [0.25, 0.3) is 0 Å². The van der Waals surface area contributed by atoms with Gasteiger partial charge in [-0.05, 0) is 60.7 Å². The second-order valence-electron chi connectivity index (χ2n) is 7.89. The Bertz CT molecular complexity index is 1030. The molecule has 2 aromatic rings. The highest BCUT2D eigenvalue weighted by molar-refractivity contribution is 7.89. The molecule has 8 nitrogen and oxygen atoms in total. The number of rotatable bonds is 8. The number of nitrogens with zero attached hydrogens (tertiary/aromatic N) is 1. The Morgan fingerprint density at radius 2 is 1.69 bits per heavy atom. The van der Waals surface area contributed by atoms with Crippen LogP contribution in [0.4, 0.5) is 5.69 Å². The summed E-state index contributed by atoms with van der Waals surface area (Å²) < 4.78 is 43.3. The summed E-state index contributed by atoms with van der Waals surface area (Å²) in [5, 5.41) is 2.80. The van der Waals surface area contributed by atoms with E-state index < -0.39 is 10.0 Å². The first kappa shape index (κ1) is 23.9. The van der Waals surface area contributed by atoms with Gasteiger partial charge in [-0.2, -0.15) is 4.31 Å². The number of ether oxygens (including phenoxy) is 3. The van der Waals surface area contributed by atoms with Gasteiger partial charge in [-0.15, -0.1) is 0 Å². The normalized spacial score (nSPS) is 16.9. The average molecular weight is 463 g/mol. The average Bonchev–Trinajstić information content (AvgIpc) is 2.78. The fourth-order valence-corrected chi connectivity index (χ4v) is 5.45. The standard InChI is InChI=1S/C23H30N2O6S/c1-16-6-5-11-25(15-16)32(27,28)19-9-7-18(8-10-19)24-22(26)14-17-12-20(29-2)23(31-4)21(13-17)30-3/h7-10,12-13,16H,5-6,11,14-15H2,1-4H3,(H,24,26). The summed E-state index contributed by atoms with van der Waals surface area (Å²) in [5.74, 6) is 1.50. The molecule has 0 aromatic heterocycles. The zero-order valence-electron chi connectivity index (χ0n) is 18.9.